The Labute approximate surface area is 192 Å². The van der Waals surface area contributed by atoms with Gasteiger partial charge in [-0.1, -0.05) is 0 Å². The molecular weight excluding hydrogens is 453 g/mol. The molecule has 0 unspecified atom stereocenters. The van der Waals surface area contributed by atoms with Crippen molar-refractivity contribution in [1.29, 1.82) is 0 Å². The number of anilines is 1. The molecule has 182 valence electrons. The summed E-state index contributed by atoms with van der Waals surface area (Å²) in [6, 6.07) is 2.58. The zero-order chi connectivity index (χ0) is 24.4. The Bertz CT molecular complexity index is 1250. The van der Waals surface area contributed by atoms with E-state index in [1.807, 2.05) is 0 Å². The Balaban J connectivity index is 1.56. The van der Waals surface area contributed by atoms with Crippen LogP contribution < -0.4 is 5.73 Å². The van der Waals surface area contributed by atoms with Crippen molar-refractivity contribution < 1.29 is 33.2 Å². The van der Waals surface area contributed by atoms with Crippen LogP contribution in [0, 0.1) is 5.82 Å². The third kappa shape index (κ3) is 3.37. The molecule has 1 aromatic carbocycles. The van der Waals surface area contributed by atoms with Gasteiger partial charge in [0.1, 0.15) is 47.5 Å². The van der Waals surface area contributed by atoms with Crippen LogP contribution in [-0.4, -0.2) is 47.7 Å². The van der Waals surface area contributed by atoms with Crippen LogP contribution in [0.25, 0.3) is 11.0 Å². The minimum absolute atomic E-state index is 0.0773. The average molecular weight is 478 g/mol. The van der Waals surface area contributed by atoms with E-state index < -0.39 is 47.9 Å². The largest absolute Gasteiger partial charge is 0.386 e. The minimum Gasteiger partial charge on any atom is -0.386 e. The summed E-state index contributed by atoms with van der Waals surface area (Å²) in [5.74, 6) is -0.731. The predicted octanol–water partition coefficient (Wildman–Crippen LogP) is 2.71. The van der Waals surface area contributed by atoms with Gasteiger partial charge < -0.3 is 30.4 Å². The molecule has 11 heteroatoms. The molecule has 1 fully saturated rings. The summed E-state index contributed by atoms with van der Waals surface area (Å²) in [4.78, 5) is 8.08. The fourth-order valence-corrected chi connectivity index (χ4v) is 5.17. The molecule has 0 bridgehead atoms. The van der Waals surface area contributed by atoms with Gasteiger partial charge in [-0.2, -0.15) is 0 Å². The van der Waals surface area contributed by atoms with Crippen molar-refractivity contribution in [3.63, 3.8) is 0 Å². The van der Waals surface area contributed by atoms with Crippen LogP contribution in [-0.2, 0) is 17.6 Å². The Kier molecular flexibility index (Phi) is 5.55. The minimum atomic E-state index is -3.07. The van der Waals surface area contributed by atoms with Gasteiger partial charge in [-0.05, 0) is 61.4 Å². The molecule has 1 aliphatic heterocycles. The summed E-state index contributed by atoms with van der Waals surface area (Å²) in [5.41, 5.74) is 4.14. The third-order valence-corrected chi connectivity index (χ3v) is 7.03. The van der Waals surface area contributed by atoms with Crippen LogP contribution in [0.15, 0.2) is 24.7 Å². The Hall–Kier alpha value is -2.73. The molecule has 0 saturated carbocycles. The number of benzene rings is 1. The second kappa shape index (κ2) is 8.19. The van der Waals surface area contributed by atoms with Gasteiger partial charge in [0.25, 0.3) is 6.43 Å². The van der Waals surface area contributed by atoms with Gasteiger partial charge >= 0.3 is 0 Å². The highest BCUT2D eigenvalue weighted by atomic mass is 19.3. The summed E-state index contributed by atoms with van der Waals surface area (Å²) in [6.45, 7) is 1.30. The van der Waals surface area contributed by atoms with E-state index in [-0.39, 0.29) is 23.4 Å². The second-order valence-electron chi connectivity index (χ2n) is 9.12. The number of aliphatic hydroxyl groups is 3. The van der Waals surface area contributed by atoms with Gasteiger partial charge in [0.05, 0.1) is 10.9 Å². The van der Waals surface area contributed by atoms with Crippen LogP contribution in [0.5, 0.6) is 0 Å². The lowest BCUT2D eigenvalue weighted by Crippen LogP contribution is -2.47. The van der Waals surface area contributed by atoms with Crippen LogP contribution in [0.1, 0.15) is 60.8 Å². The van der Waals surface area contributed by atoms with Crippen LogP contribution >= 0.6 is 0 Å². The van der Waals surface area contributed by atoms with E-state index in [2.05, 4.69) is 9.97 Å². The van der Waals surface area contributed by atoms with Crippen molar-refractivity contribution >= 4 is 16.9 Å². The number of nitrogens with zero attached hydrogens (tertiary/aromatic N) is 3. The van der Waals surface area contributed by atoms with Crippen molar-refractivity contribution in [2.75, 3.05) is 5.73 Å². The summed E-state index contributed by atoms with van der Waals surface area (Å²) in [6.07, 6.45) is -3.88. The molecule has 0 spiro atoms. The standard InChI is InChI=1S/C23H25F3N4O4/c1-23(33)17(32)22(30-7-6-12-20(27)28-9-29-21(12)30)34-18(23)16(31)13-8-14(19(25)26)15(24)11-5-3-2-4-10(11)13/h6-9,16-19,22,31-33H,2-5H2,1H3,(H2,27,28,29)/t16-,17-,18+,22+,23-/m0/s1. The smallest absolute Gasteiger partial charge is 0.266 e. The summed E-state index contributed by atoms with van der Waals surface area (Å²) in [7, 11) is 0. The van der Waals surface area contributed by atoms with Gasteiger partial charge in [-0.15, -0.1) is 0 Å². The van der Waals surface area contributed by atoms with Crippen LogP contribution in [0.2, 0.25) is 0 Å². The molecule has 2 aliphatic rings. The van der Waals surface area contributed by atoms with Crippen LogP contribution in [0.4, 0.5) is 19.0 Å². The number of nitrogens with two attached hydrogens (primary N) is 1. The average Bonchev–Trinajstić information content (AvgIpc) is 3.33. The monoisotopic (exact) mass is 478 g/mol. The number of halogens is 3. The molecular formula is C23H25F3N4O4. The number of aromatic nitrogens is 3. The van der Waals surface area contributed by atoms with Crippen molar-refractivity contribution in [3.05, 3.63) is 52.7 Å². The molecule has 1 saturated heterocycles. The van der Waals surface area contributed by atoms with Crippen LogP contribution in [0.3, 0.4) is 0 Å². The fourth-order valence-electron chi connectivity index (χ4n) is 5.17. The van der Waals surface area contributed by atoms with Crippen molar-refractivity contribution in [2.45, 2.75) is 69.2 Å². The lowest BCUT2D eigenvalue weighted by molar-refractivity contribution is -0.115. The number of alkyl halides is 2. The van der Waals surface area contributed by atoms with Gasteiger partial charge in [0.2, 0.25) is 0 Å². The van der Waals surface area contributed by atoms with Gasteiger partial charge in [0, 0.05) is 6.20 Å². The number of hydrogen-bond donors (Lipinski definition) is 4. The van der Waals surface area contributed by atoms with Crippen molar-refractivity contribution in [3.8, 4) is 0 Å². The SMILES string of the molecule is C[C@@]1(O)[C@@H]([C@@H](O)c2cc(C(F)F)c(F)c3c2CCCC3)O[C@@H](n2ccc3c(N)ncnc32)[C@@H]1O. The number of ether oxygens (including phenoxy) is 1. The maximum atomic E-state index is 14.8. The molecule has 5 N–H and O–H groups in total. The van der Waals surface area contributed by atoms with E-state index in [9.17, 15) is 28.5 Å². The molecule has 0 radical (unpaired) electrons. The highest BCUT2D eigenvalue weighted by Crippen LogP contribution is 2.46. The lowest BCUT2D eigenvalue weighted by atomic mass is 9.81. The van der Waals surface area contributed by atoms with E-state index in [4.69, 9.17) is 10.5 Å². The predicted molar refractivity (Wildman–Crippen MR) is 115 cm³/mol. The first kappa shape index (κ1) is 23.0. The quantitative estimate of drug-likeness (QED) is 0.454. The van der Waals surface area contributed by atoms with E-state index in [1.165, 1.54) is 17.8 Å². The van der Waals surface area contributed by atoms with Gasteiger partial charge in [-0.3, -0.25) is 0 Å². The normalized spacial score (nSPS) is 27.9. The fraction of sp³-hybridized carbons (Fsp3) is 0.478. The zero-order valence-electron chi connectivity index (χ0n) is 18.3. The number of fused-ring (bicyclic) bond motifs is 2. The second-order valence-corrected chi connectivity index (χ2v) is 9.12. The number of rotatable bonds is 4. The van der Waals surface area contributed by atoms with Gasteiger partial charge in [-0.25, -0.2) is 23.1 Å². The maximum Gasteiger partial charge on any atom is 0.266 e. The summed E-state index contributed by atoms with van der Waals surface area (Å²) in [5, 5.41) is 33.9. The molecule has 34 heavy (non-hydrogen) atoms. The molecule has 5 rings (SSSR count). The molecule has 3 aromatic rings. The highest BCUT2D eigenvalue weighted by molar-refractivity contribution is 5.86. The molecule has 8 nitrogen and oxygen atoms in total. The Morgan fingerprint density at radius 2 is 1.91 bits per heavy atom. The molecule has 2 aromatic heterocycles. The summed E-state index contributed by atoms with van der Waals surface area (Å²) < 4.78 is 49.4. The first-order chi connectivity index (χ1) is 16.1. The van der Waals surface area contributed by atoms with E-state index in [0.717, 1.165) is 6.07 Å². The first-order valence-electron chi connectivity index (χ1n) is 11.1. The molecule has 3 heterocycles. The number of hydrogen-bond acceptors (Lipinski definition) is 7. The van der Waals surface area contributed by atoms with Crippen molar-refractivity contribution in [2.24, 2.45) is 0 Å². The number of nitrogen functional groups attached to an aromatic ring is 1. The third-order valence-electron chi connectivity index (χ3n) is 7.03. The topological polar surface area (TPSA) is 127 Å². The Morgan fingerprint density at radius 3 is 2.62 bits per heavy atom. The first-order valence-corrected chi connectivity index (χ1v) is 11.1. The maximum absolute atomic E-state index is 14.8. The van der Waals surface area contributed by atoms with Crippen molar-refractivity contribution in [1.82, 2.24) is 14.5 Å². The number of aliphatic hydroxyl groups excluding tert-OH is 2. The molecule has 0 amide bonds. The van der Waals surface area contributed by atoms with Gasteiger partial charge in [0.15, 0.2) is 6.23 Å². The summed E-state index contributed by atoms with van der Waals surface area (Å²) >= 11 is 0. The van der Waals surface area contributed by atoms with E-state index in [1.54, 1.807) is 12.3 Å². The molecule has 1 aliphatic carbocycles. The lowest BCUT2D eigenvalue weighted by Gasteiger charge is -2.32. The highest BCUT2D eigenvalue weighted by Gasteiger charge is 2.56. The Morgan fingerprint density at radius 1 is 1.21 bits per heavy atom. The zero-order valence-corrected chi connectivity index (χ0v) is 18.3. The van der Waals surface area contributed by atoms with E-state index in [0.29, 0.717) is 35.9 Å². The molecule has 5 atom stereocenters. The van der Waals surface area contributed by atoms with E-state index >= 15 is 0 Å².